The van der Waals surface area contributed by atoms with E-state index in [9.17, 15) is 10.1 Å². The number of rotatable bonds is 4. The summed E-state index contributed by atoms with van der Waals surface area (Å²) in [6, 6.07) is 13.5. The SMILES string of the molecule is C[C@@H]1CCCC[C@@H]1NC(=O)/C(C#N)=C/c1ccc(-c2ccc(Br)cc2)o1. The van der Waals surface area contributed by atoms with Crippen molar-refractivity contribution < 1.29 is 9.21 Å². The van der Waals surface area contributed by atoms with Crippen LogP contribution in [0.25, 0.3) is 17.4 Å². The van der Waals surface area contributed by atoms with E-state index in [0.717, 1.165) is 29.3 Å². The molecule has 3 rings (SSSR count). The monoisotopic (exact) mass is 412 g/mol. The molecule has 1 aromatic heterocycles. The number of carbonyl (C=O) groups is 1. The van der Waals surface area contributed by atoms with Gasteiger partial charge in [0, 0.05) is 22.2 Å². The lowest BCUT2D eigenvalue weighted by Crippen LogP contribution is -2.41. The standard InChI is InChI=1S/C21H21BrN2O2/c1-14-4-2-3-5-19(14)24-21(25)16(13-23)12-18-10-11-20(26-18)15-6-8-17(22)9-7-15/h6-12,14,19H,2-5H2,1H3,(H,24,25)/b16-12+/t14-,19+/m1/s1. The number of furan rings is 1. The summed E-state index contributed by atoms with van der Waals surface area (Å²) in [4.78, 5) is 12.5. The van der Waals surface area contributed by atoms with E-state index in [0.29, 0.717) is 17.4 Å². The number of hydrogen-bond acceptors (Lipinski definition) is 3. The van der Waals surface area contributed by atoms with Gasteiger partial charge in [-0.25, -0.2) is 0 Å². The van der Waals surface area contributed by atoms with Crippen molar-refractivity contribution in [1.82, 2.24) is 5.32 Å². The van der Waals surface area contributed by atoms with Crippen molar-refractivity contribution in [2.45, 2.75) is 38.6 Å². The highest BCUT2D eigenvalue weighted by atomic mass is 79.9. The first-order valence-corrected chi connectivity index (χ1v) is 9.64. The van der Waals surface area contributed by atoms with Crippen molar-refractivity contribution in [3.05, 3.63) is 52.2 Å². The summed E-state index contributed by atoms with van der Waals surface area (Å²) in [5.74, 6) is 1.31. The van der Waals surface area contributed by atoms with E-state index in [1.54, 1.807) is 6.07 Å². The van der Waals surface area contributed by atoms with Crippen molar-refractivity contribution in [2.75, 3.05) is 0 Å². The average Bonchev–Trinajstić information content (AvgIpc) is 3.10. The molecule has 1 aromatic carbocycles. The van der Waals surface area contributed by atoms with E-state index in [2.05, 4.69) is 28.2 Å². The highest BCUT2D eigenvalue weighted by molar-refractivity contribution is 9.10. The third-order valence-electron chi connectivity index (χ3n) is 4.84. The smallest absolute Gasteiger partial charge is 0.262 e. The number of nitrogens with one attached hydrogen (secondary N) is 1. The molecule has 2 atom stereocenters. The molecule has 0 spiro atoms. The Morgan fingerprint density at radius 3 is 2.65 bits per heavy atom. The third kappa shape index (κ3) is 4.44. The summed E-state index contributed by atoms with van der Waals surface area (Å²) < 4.78 is 6.77. The molecule has 5 heteroatoms. The molecule has 1 saturated carbocycles. The quantitative estimate of drug-likeness (QED) is 0.546. The van der Waals surface area contributed by atoms with Gasteiger partial charge in [0.05, 0.1) is 0 Å². The molecule has 0 aliphatic heterocycles. The maximum absolute atomic E-state index is 12.5. The van der Waals surface area contributed by atoms with Gasteiger partial charge in [-0.15, -0.1) is 0 Å². The van der Waals surface area contributed by atoms with Crippen LogP contribution < -0.4 is 5.32 Å². The van der Waals surface area contributed by atoms with Crippen molar-refractivity contribution in [1.29, 1.82) is 5.26 Å². The molecule has 4 nitrogen and oxygen atoms in total. The molecule has 1 heterocycles. The number of nitrogens with zero attached hydrogens (tertiary/aromatic N) is 1. The van der Waals surface area contributed by atoms with Crippen LogP contribution in [0.1, 0.15) is 38.4 Å². The summed E-state index contributed by atoms with van der Waals surface area (Å²) in [6.45, 7) is 2.15. The first-order chi connectivity index (χ1) is 12.6. The van der Waals surface area contributed by atoms with Crippen LogP contribution in [0, 0.1) is 17.2 Å². The first-order valence-electron chi connectivity index (χ1n) is 8.85. The number of benzene rings is 1. The van der Waals surface area contributed by atoms with E-state index in [1.807, 2.05) is 36.4 Å². The summed E-state index contributed by atoms with van der Waals surface area (Å²) in [5, 5.41) is 12.4. The summed E-state index contributed by atoms with van der Waals surface area (Å²) in [6.07, 6.45) is 5.92. The fourth-order valence-electron chi connectivity index (χ4n) is 3.27. The largest absolute Gasteiger partial charge is 0.457 e. The summed E-state index contributed by atoms with van der Waals surface area (Å²) in [5.41, 5.74) is 1.01. The van der Waals surface area contributed by atoms with Gasteiger partial charge >= 0.3 is 0 Å². The summed E-state index contributed by atoms with van der Waals surface area (Å²) in [7, 11) is 0. The van der Waals surface area contributed by atoms with Crippen molar-refractivity contribution >= 4 is 27.9 Å². The average molecular weight is 413 g/mol. The molecule has 0 radical (unpaired) electrons. The van der Waals surface area contributed by atoms with Crippen LogP contribution in [0.3, 0.4) is 0 Å². The molecule has 0 bridgehead atoms. The number of nitriles is 1. The maximum Gasteiger partial charge on any atom is 0.262 e. The molecule has 0 unspecified atom stereocenters. The van der Waals surface area contributed by atoms with Gasteiger partial charge in [0.15, 0.2) is 0 Å². The molecule has 2 aromatic rings. The Bertz CT molecular complexity index is 846. The van der Waals surface area contributed by atoms with E-state index >= 15 is 0 Å². The Morgan fingerprint density at radius 1 is 1.23 bits per heavy atom. The van der Waals surface area contributed by atoms with E-state index < -0.39 is 0 Å². The zero-order valence-electron chi connectivity index (χ0n) is 14.7. The van der Waals surface area contributed by atoms with Gasteiger partial charge in [-0.3, -0.25) is 4.79 Å². The van der Waals surface area contributed by atoms with Gasteiger partial charge in [0.1, 0.15) is 23.2 Å². The second-order valence-corrected chi connectivity index (χ2v) is 7.64. The Kier molecular flexibility index (Phi) is 5.95. The van der Waals surface area contributed by atoms with Gasteiger partial charge in [-0.05, 0) is 43.0 Å². The highest BCUT2D eigenvalue weighted by Gasteiger charge is 2.24. The number of halogens is 1. The van der Waals surface area contributed by atoms with Gasteiger partial charge in [-0.1, -0.05) is 47.8 Å². The number of carbonyl (C=O) groups excluding carboxylic acids is 1. The Balaban J connectivity index is 1.73. The van der Waals surface area contributed by atoms with E-state index in [-0.39, 0.29) is 17.5 Å². The van der Waals surface area contributed by atoms with Gasteiger partial charge in [0.2, 0.25) is 0 Å². The minimum Gasteiger partial charge on any atom is -0.457 e. The van der Waals surface area contributed by atoms with Crippen LogP contribution in [0.15, 0.2) is 50.9 Å². The first kappa shape index (κ1) is 18.5. The fraction of sp³-hybridized carbons (Fsp3) is 0.333. The van der Waals surface area contributed by atoms with E-state index in [4.69, 9.17) is 4.42 Å². The predicted octanol–water partition coefficient (Wildman–Crippen LogP) is 5.31. The molecular weight excluding hydrogens is 392 g/mol. The highest BCUT2D eigenvalue weighted by Crippen LogP contribution is 2.26. The molecule has 134 valence electrons. The second-order valence-electron chi connectivity index (χ2n) is 6.72. The molecule has 1 fully saturated rings. The van der Waals surface area contributed by atoms with Gasteiger partial charge in [-0.2, -0.15) is 5.26 Å². The zero-order valence-corrected chi connectivity index (χ0v) is 16.3. The van der Waals surface area contributed by atoms with Crippen molar-refractivity contribution in [3.8, 4) is 17.4 Å². The lowest BCUT2D eigenvalue weighted by atomic mass is 9.86. The third-order valence-corrected chi connectivity index (χ3v) is 5.36. The molecule has 1 amide bonds. The minimum absolute atomic E-state index is 0.0690. The van der Waals surface area contributed by atoms with Crippen LogP contribution in [0.2, 0.25) is 0 Å². The summed E-state index contributed by atoms with van der Waals surface area (Å²) >= 11 is 3.41. The number of amides is 1. The van der Waals surface area contributed by atoms with Crippen LogP contribution in [0.5, 0.6) is 0 Å². The maximum atomic E-state index is 12.5. The molecular formula is C21H21BrN2O2. The van der Waals surface area contributed by atoms with Crippen LogP contribution >= 0.6 is 15.9 Å². The topological polar surface area (TPSA) is 66.0 Å². The van der Waals surface area contributed by atoms with Crippen LogP contribution in [-0.2, 0) is 4.79 Å². The zero-order chi connectivity index (χ0) is 18.5. The van der Waals surface area contributed by atoms with E-state index in [1.165, 1.54) is 12.5 Å². The Labute approximate surface area is 162 Å². The Morgan fingerprint density at radius 2 is 1.96 bits per heavy atom. The Hall–Kier alpha value is -2.32. The van der Waals surface area contributed by atoms with Crippen molar-refractivity contribution in [2.24, 2.45) is 5.92 Å². The van der Waals surface area contributed by atoms with Gasteiger partial charge < -0.3 is 9.73 Å². The van der Waals surface area contributed by atoms with Crippen LogP contribution in [0.4, 0.5) is 0 Å². The van der Waals surface area contributed by atoms with Crippen LogP contribution in [-0.4, -0.2) is 11.9 Å². The van der Waals surface area contributed by atoms with Crippen molar-refractivity contribution in [3.63, 3.8) is 0 Å². The molecule has 1 N–H and O–H groups in total. The normalized spacial score (nSPS) is 20.4. The molecule has 1 aliphatic carbocycles. The van der Waals surface area contributed by atoms with Gasteiger partial charge in [0.25, 0.3) is 5.91 Å². The number of hydrogen-bond donors (Lipinski definition) is 1. The lowest BCUT2D eigenvalue weighted by molar-refractivity contribution is -0.118. The second kappa shape index (κ2) is 8.37. The molecule has 0 saturated heterocycles. The molecule has 26 heavy (non-hydrogen) atoms. The lowest BCUT2D eigenvalue weighted by Gasteiger charge is -2.29. The fourth-order valence-corrected chi connectivity index (χ4v) is 3.53. The molecule has 1 aliphatic rings. The predicted molar refractivity (Wildman–Crippen MR) is 105 cm³/mol. The minimum atomic E-state index is -0.326.